The fraction of sp³-hybridized carbons (Fsp3) is 0.364. The molecule has 4 nitrogen and oxygen atoms in total. The molecule has 6 heteroatoms. The zero-order valence-electron chi connectivity index (χ0n) is 9.60. The van der Waals surface area contributed by atoms with Crippen molar-refractivity contribution in [3.63, 3.8) is 0 Å². The van der Waals surface area contributed by atoms with Gasteiger partial charge in [0.1, 0.15) is 5.25 Å². The number of para-hydroxylation sites is 1. The molecule has 0 spiro atoms. The van der Waals surface area contributed by atoms with Gasteiger partial charge in [-0.2, -0.15) is 0 Å². The maximum atomic E-state index is 11.7. The van der Waals surface area contributed by atoms with Crippen molar-refractivity contribution in [2.45, 2.75) is 18.1 Å². The van der Waals surface area contributed by atoms with Crippen molar-refractivity contribution >= 4 is 33.0 Å². The average molecular weight is 276 g/mol. The summed E-state index contributed by atoms with van der Waals surface area (Å²) in [5.74, 6) is -0.297. The van der Waals surface area contributed by atoms with Crippen molar-refractivity contribution in [1.29, 1.82) is 0 Å². The van der Waals surface area contributed by atoms with Gasteiger partial charge in [0.05, 0.1) is 0 Å². The number of hydrogen-bond acceptors (Lipinski definition) is 3. The number of alkyl halides is 1. The van der Waals surface area contributed by atoms with Crippen molar-refractivity contribution < 1.29 is 13.2 Å². The Balaban J connectivity index is 2.89. The van der Waals surface area contributed by atoms with Crippen LogP contribution in [0.1, 0.15) is 12.5 Å². The number of sulfone groups is 1. The summed E-state index contributed by atoms with van der Waals surface area (Å²) in [6.45, 7) is 1.36. The SMILES string of the molecule is CC(C(=O)Nc1ccccc1CCl)S(C)(=O)=O. The molecule has 0 aliphatic rings. The Morgan fingerprint density at radius 1 is 1.41 bits per heavy atom. The summed E-state index contributed by atoms with van der Waals surface area (Å²) in [5, 5.41) is 1.49. The van der Waals surface area contributed by atoms with E-state index in [1.807, 2.05) is 0 Å². The Labute approximate surface area is 106 Å². The molecule has 17 heavy (non-hydrogen) atoms. The summed E-state index contributed by atoms with van der Waals surface area (Å²) >= 11 is 5.72. The van der Waals surface area contributed by atoms with Crippen molar-refractivity contribution in [2.24, 2.45) is 0 Å². The van der Waals surface area contributed by atoms with E-state index in [4.69, 9.17) is 11.6 Å². The van der Waals surface area contributed by atoms with Gasteiger partial charge in [-0.1, -0.05) is 18.2 Å². The van der Waals surface area contributed by atoms with Gasteiger partial charge in [0.15, 0.2) is 9.84 Å². The number of carbonyl (C=O) groups is 1. The molecule has 0 aliphatic carbocycles. The van der Waals surface area contributed by atoms with Crippen LogP contribution in [0.3, 0.4) is 0 Å². The molecule has 0 saturated heterocycles. The highest BCUT2D eigenvalue weighted by molar-refractivity contribution is 7.92. The van der Waals surface area contributed by atoms with Crippen LogP contribution in [0, 0.1) is 0 Å². The van der Waals surface area contributed by atoms with E-state index in [1.54, 1.807) is 24.3 Å². The molecule has 0 saturated carbocycles. The van der Waals surface area contributed by atoms with Crippen molar-refractivity contribution in [2.75, 3.05) is 11.6 Å². The number of hydrogen-bond donors (Lipinski definition) is 1. The van der Waals surface area contributed by atoms with E-state index in [2.05, 4.69) is 5.32 Å². The molecule has 0 bridgehead atoms. The van der Waals surface area contributed by atoms with Gasteiger partial charge < -0.3 is 5.32 Å². The number of halogens is 1. The standard InChI is InChI=1S/C11H14ClNO3S/c1-8(17(2,15)16)11(14)13-10-6-4-3-5-9(10)7-12/h3-6,8H,7H2,1-2H3,(H,13,14). The lowest BCUT2D eigenvalue weighted by Gasteiger charge is -2.12. The fourth-order valence-corrected chi connectivity index (χ4v) is 1.87. The maximum Gasteiger partial charge on any atom is 0.242 e. The van der Waals surface area contributed by atoms with Gasteiger partial charge in [-0.25, -0.2) is 8.42 Å². The van der Waals surface area contributed by atoms with E-state index < -0.39 is 21.0 Å². The summed E-state index contributed by atoms with van der Waals surface area (Å²) in [6.07, 6.45) is 1.03. The molecule has 1 amide bonds. The molecule has 1 aromatic rings. The minimum absolute atomic E-state index is 0.254. The van der Waals surface area contributed by atoms with Gasteiger partial charge in [-0.15, -0.1) is 11.6 Å². The molecular formula is C11H14ClNO3S. The summed E-state index contributed by atoms with van der Waals surface area (Å²) in [5.41, 5.74) is 1.30. The van der Waals surface area contributed by atoms with E-state index in [0.717, 1.165) is 11.8 Å². The highest BCUT2D eigenvalue weighted by Gasteiger charge is 2.23. The van der Waals surface area contributed by atoms with Gasteiger partial charge in [0.25, 0.3) is 0 Å². The molecule has 94 valence electrons. The third-order valence-electron chi connectivity index (χ3n) is 2.43. The quantitative estimate of drug-likeness (QED) is 0.852. The highest BCUT2D eigenvalue weighted by atomic mass is 35.5. The highest BCUT2D eigenvalue weighted by Crippen LogP contribution is 2.17. The second kappa shape index (κ2) is 5.51. The van der Waals surface area contributed by atoms with Gasteiger partial charge in [-0.3, -0.25) is 4.79 Å². The Kier molecular flexibility index (Phi) is 4.54. The predicted molar refractivity (Wildman–Crippen MR) is 68.9 cm³/mol. The molecule has 1 aromatic carbocycles. The third-order valence-corrected chi connectivity index (χ3v) is 4.22. The second-order valence-corrected chi connectivity index (χ2v) is 6.39. The van der Waals surface area contributed by atoms with Crippen molar-refractivity contribution in [3.8, 4) is 0 Å². The van der Waals surface area contributed by atoms with Crippen LogP contribution in [-0.4, -0.2) is 25.8 Å². The number of benzene rings is 1. The first kappa shape index (κ1) is 14.0. The molecule has 1 unspecified atom stereocenters. The molecule has 0 aliphatic heterocycles. The zero-order chi connectivity index (χ0) is 13.1. The van der Waals surface area contributed by atoms with E-state index in [9.17, 15) is 13.2 Å². The Morgan fingerprint density at radius 2 is 2.00 bits per heavy atom. The first-order valence-corrected chi connectivity index (χ1v) is 7.48. The average Bonchev–Trinajstić information content (AvgIpc) is 2.27. The van der Waals surface area contributed by atoms with Crippen LogP contribution >= 0.6 is 11.6 Å². The lowest BCUT2D eigenvalue weighted by molar-refractivity contribution is -0.115. The van der Waals surface area contributed by atoms with E-state index >= 15 is 0 Å². The lowest BCUT2D eigenvalue weighted by Crippen LogP contribution is -2.32. The largest absolute Gasteiger partial charge is 0.325 e. The molecule has 0 fully saturated rings. The molecule has 0 aromatic heterocycles. The normalized spacial score (nSPS) is 13.1. The Morgan fingerprint density at radius 3 is 2.53 bits per heavy atom. The minimum atomic E-state index is -3.39. The summed E-state index contributed by atoms with van der Waals surface area (Å²) in [4.78, 5) is 11.7. The molecule has 1 atom stereocenters. The van der Waals surface area contributed by atoms with Crippen LogP contribution in [0.2, 0.25) is 0 Å². The third kappa shape index (κ3) is 3.71. The maximum absolute atomic E-state index is 11.7. The van der Waals surface area contributed by atoms with Crippen molar-refractivity contribution in [3.05, 3.63) is 29.8 Å². The van der Waals surface area contributed by atoms with E-state index in [1.165, 1.54) is 6.92 Å². The van der Waals surface area contributed by atoms with Crippen LogP contribution < -0.4 is 5.32 Å². The molecule has 1 N–H and O–H groups in total. The molecule has 1 rings (SSSR count). The molecule has 0 heterocycles. The summed E-state index contributed by atoms with van der Waals surface area (Å²) < 4.78 is 22.5. The first-order chi connectivity index (χ1) is 7.86. The number of rotatable bonds is 4. The van der Waals surface area contributed by atoms with Gasteiger partial charge in [0.2, 0.25) is 5.91 Å². The zero-order valence-corrected chi connectivity index (χ0v) is 11.2. The van der Waals surface area contributed by atoms with Crippen LogP contribution in [-0.2, 0) is 20.5 Å². The monoisotopic (exact) mass is 275 g/mol. The summed E-state index contributed by atoms with van der Waals surface area (Å²) in [6, 6.07) is 7.00. The molecular weight excluding hydrogens is 262 g/mol. The summed E-state index contributed by atoms with van der Waals surface area (Å²) in [7, 11) is -3.39. The smallest absolute Gasteiger partial charge is 0.242 e. The number of anilines is 1. The number of carbonyl (C=O) groups excluding carboxylic acids is 1. The van der Waals surface area contributed by atoms with Crippen molar-refractivity contribution in [1.82, 2.24) is 0 Å². The van der Waals surface area contributed by atoms with Gasteiger partial charge >= 0.3 is 0 Å². The van der Waals surface area contributed by atoms with Crippen LogP contribution in [0.15, 0.2) is 24.3 Å². The van der Waals surface area contributed by atoms with Gasteiger partial charge in [0, 0.05) is 17.8 Å². The van der Waals surface area contributed by atoms with Crippen LogP contribution in [0.5, 0.6) is 0 Å². The minimum Gasteiger partial charge on any atom is -0.325 e. The Bertz CT molecular complexity index is 513. The lowest BCUT2D eigenvalue weighted by atomic mass is 10.2. The fourth-order valence-electron chi connectivity index (χ4n) is 1.19. The van der Waals surface area contributed by atoms with E-state index in [0.29, 0.717) is 5.69 Å². The van der Waals surface area contributed by atoms with E-state index in [-0.39, 0.29) is 5.88 Å². The Hall–Kier alpha value is -1.07. The second-order valence-electron chi connectivity index (χ2n) is 3.75. The molecule has 0 radical (unpaired) electrons. The van der Waals surface area contributed by atoms with Crippen LogP contribution in [0.25, 0.3) is 0 Å². The first-order valence-electron chi connectivity index (χ1n) is 5.00. The number of amides is 1. The predicted octanol–water partition coefficient (Wildman–Crippen LogP) is 1.80. The van der Waals surface area contributed by atoms with Gasteiger partial charge in [-0.05, 0) is 18.6 Å². The number of nitrogens with one attached hydrogen (secondary N) is 1. The topological polar surface area (TPSA) is 63.2 Å². The van der Waals surface area contributed by atoms with Crippen LogP contribution in [0.4, 0.5) is 5.69 Å².